The smallest absolute Gasteiger partial charge is 0.323 e. The minimum atomic E-state index is -1.08. The highest BCUT2D eigenvalue weighted by atomic mass is 16.5. The number of pyridine rings is 1. The number of aromatic nitrogens is 1. The summed E-state index contributed by atoms with van der Waals surface area (Å²) in [6, 6.07) is 13.5. The molecule has 5 rings (SSSR count). The molecule has 0 bridgehead atoms. The van der Waals surface area contributed by atoms with E-state index < -0.39 is 12.5 Å². The minimum absolute atomic E-state index is 0.0502. The number of esters is 1. The molecule has 1 amide bonds. The highest BCUT2D eigenvalue weighted by molar-refractivity contribution is 5.84. The Balaban J connectivity index is 1.15. The van der Waals surface area contributed by atoms with Gasteiger partial charge in [0.25, 0.3) is 0 Å². The summed E-state index contributed by atoms with van der Waals surface area (Å²) in [6.45, 7) is 4.58. The van der Waals surface area contributed by atoms with Gasteiger partial charge >= 0.3 is 11.9 Å². The molecule has 3 aliphatic carbocycles. The standard InChI is InChI=1S/C37H46N2O5/c1-26-13-16-33-28(10-6-12-32(26)29-11-7-21-38-23-29)14-15-30-22-31(19-20-37(30,33)2)44-36(43)18-17-34(40)39(25-35(41)42)24-27-8-4-3-5-9-27/h3-5,7-9,11-12,15,21,23,26,28,31,33H,6,10,13-14,16-20,22,24-25H2,1-2H3,(H,41,42)/b32-12+/t26-,28?,31-,33-,37-/m0/s1. The average molecular weight is 599 g/mol. The number of aliphatic carboxylic acids is 1. The van der Waals surface area contributed by atoms with Gasteiger partial charge in [0, 0.05) is 31.8 Å². The molecule has 1 N–H and O–H groups in total. The van der Waals surface area contributed by atoms with Gasteiger partial charge in [-0.25, -0.2) is 0 Å². The maximum atomic E-state index is 12.9. The van der Waals surface area contributed by atoms with Crippen molar-refractivity contribution in [3.05, 3.63) is 83.7 Å². The number of allylic oxidation sites excluding steroid dienone is 3. The third-order valence-electron chi connectivity index (χ3n) is 10.3. The van der Waals surface area contributed by atoms with Crippen LogP contribution < -0.4 is 0 Å². The van der Waals surface area contributed by atoms with Crippen molar-refractivity contribution in [3.8, 4) is 0 Å². The second-order valence-corrected chi connectivity index (χ2v) is 13.2. The van der Waals surface area contributed by atoms with Gasteiger partial charge in [0.05, 0.1) is 6.42 Å². The lowest BCUT2D eigenvalue weighted by molar-refractivity contribution is -0.153. The van der Waals surface area contributed by atoms with Gasteiger partial charge in [0.2, 0.25) is 5.91 Å². The summed E-state index contributed by atoms with van der Waals surface area (Å²) >= 11 is 0. The number of carbonyl (C=O) groups is 3. The molecule has 1 saturated carbocycles. The molecule has 234 valence electrons. The van der Waals surface area contributed by atoms with E-state index in [2.05, 4.69) is 37.0 Å². The van der Waals surface area contributed by atoms with Crippen LogP contribution in [0, 0.1) is 23.2 Å². The Hall–Kier alpha value is -3.74. The third-order valence-corrected chi connectivity index (χ3v) is 10.3. The van der Waals surface area contributed by atoms with Crippen LogP contribution >= 0.6 is 0 Å². The molecule has 1 fully saturated rings. The van der Waals surface area contributed by atoms with Crippen molar-refractivity contribution in [1.29, 1.82) is 0 Å². The van der Waals surface area contributed by atoms with Gasteiger partial charge in [-0.2, -0.15) is 0 Å². The molecule has 1 aromatic carbocycles. The molecule has 0 aliphatic heterocycles. The zero-order chi connectivity index (χ0) is 31.1. The van der Waals surface area contributed by atoms with Crippen molar-refractivity contribution >= 4 is 23.4 Å². The van der Waals surface area contributed by atoms with E-state index in [0.29, 0.717) is 17.8 Å². The van der Waals surface area contributed by atoms with Crippen LogP contribution in [-0.4, -0.2) is 45.5 Å². The number of hydrogen-bond acceptors (Lipinski definition) is 5. The number of hydrogen-bond donors (Lipinski definition) is 1. The monoisotopic (exact) mass is 598 g/mol. The van der Waals surface area contributed by atoms with E-state index in [1.807, 2.05) is 48.8 Å². The predicted octanol–water partition coefficient (Wildman–Crippen LogP) is 7.23. The lowest BCUT2D eigenvalue weighted by Crippen LogP contribution is -2.43. The van der Waals surface area contributed by atoms with Crippen LogP contribution in [0.3, 0.4) is 0 Å². The Bertz CT molecular complexity index is 1370. The lowest BCUT2D eigenvalue weighted by atomic mass is 9.55. The number of ether oxygens (including phenoxy) is 1. The van der Waals surface area contributed by atoms with E-state index in [0.717, 1.165) is 44.1 Å². The van der Waals surface area contributed by atoms with Gasteiger partial charge in [-0.05, 0) is 90.9 Å². The first-order chi connectivity index (χ1) is 21.2. The second kappa shape index (κ2) is 14.4. The summed E-state index contributed by atoms with van der Waals surface area (Å²) in [5.74, 6) is -0.0665. The normalized spacial score (nSPS) is 28.0. The summed E-state index contributed by atoms with van der Waals surface area (Å²) in [5, 5.41) is 9.31. The van der Waals surface area contributed by atoms with Gasteiger partial charge in [0.1, 0.15) is 12.6 Å². The second-order valence-electron chi connectivity index (χ2n) is 13.2. The summed E-state index contributed by atoms with van der Waals surface area (Å²) < 4.78 is 5.91. The van der Waals surface area contributed by atoms with Crippen LogP contribution in [0.15, 0.2) is 72.6 Å². The molecule has 2 aromatic rings. The molecule has 7 heteroatoms. The minimum Gasteiger partial charge on any atom is -0.480 e. The number of carboxylic acid groups (broad SMARTS) is 1. The first kappa shape index (κ1) is 31.7. The van der Waals surface area contributed by atoms with Crippen LogP contribution in [0.4, 0.5) is 0 Å². The van der Waals surface area contributed by atoms with Gasteiger partial charge in [-0.3, -0.25) is 19.4 Å². The van der Waals surface area contributed by atoms with Crippen molar-refractivity contribution in [1.82, 2.24) is 9.88 Å². The first-order valence-electron chi connectivity index (χ1n) is 16.3. The summed E-state index contributed by atoms with van der Waals surface area (Å²) in [4.78, 5) is 42.8. The fourth-order valence-corrected chi connectivity index (χ4v) is 7.88. The molecule has 1 aromatic heterocycles. The predicted molar refractivity (Wildman–Crippen MR) is 170 cm³/mol. The fourth-order valence-electron chi connectivity index (χ4n) is 7.88. The fraction of sp³-hybridized carbons (Fsp3) is 0.514. The Morgan fingerprint density at radius 3 is 2.59 bits per heavy atom. The Labute approximate surface area is 261 Å². The number of amides is 1. The number of carbonyl (C=O) groups excluding carboxylic acids is 2. The van der Waals surface area contributed by atoms with Gasteiger partial charge in [-0.1, -0.05) is 68.0 Å². The molecule has 0 spiro atoms. The molecular formula is C37H46N2O5. The van der Waals surface area contributed by atoms with E-state index in [1.54, 1.807) is 0 Å². The van der Waals surface area contributed by atoms with Crippen LogP contribution in [0.1, 0.15) is 89.2 Å². The molecule has 0 radical (unpaired) electrons. The highest BCUT2D eigenvalue weighted by Crippen LogP contribution is 2.56. The molecule has 1 unspecified atom stereocenters. The molecule has 3 aliphatic rings. The maximum Gasteiger partial charge on any atom is 0.323 e. The third kappa shape index (κ3) is 7.66. The zero-order valence-electron chi connectivity index (χ0n) is 26.1. The van der Waals surface area contributed by atoms with Crippen LogP contribution in [-0.2, 0) is 25.7 Å². The largest absolute Gasteiger partial charge is 0.480 e. The van der Waals surface area contributed by atoms with Gasteiger partial charge < -0.3 is 14.7 Å². The Morgan fingerprint density at radius 2 is 1.84 bits per heavy atom. The molecule has 44 heavy (non-hydrogen) atoms. The summed E-state index contributed by atoms with van der Waals surface area (Å²) in [5.41, 5.74) is 5.06. The van der Waals surface area contributed by atoms with Crippen molar-refractivity contribution in [2.75, 3.05) is 6.54 Å². The van der Waals surface area contributed by atoms with Crippen LogP contribution in [0.5, 0.6) is 0 Å². The molecule has 7 nitrogen and oxygen atoms in total. The van der Waals surface area contributed by atoms with Gasteiger partial charge in [-0.15, -0.1) is 0 Å². The highest BCUT2D eigenvalue weighted by Gasteiger charge is 2.47. The molecule has 0 saturated heterocycles. The zero-order valence-corrected chi connectivity index (χ0v) is 26.1. The first-order valence-corrected chi connectivity index (χ1v) is 16.3. The van der Waals surface area contributed by atoms with Crippen LogP contribution in [0.25, 0.3) is 5.57 Å². The van der Waals surface area contributed by atoms with Crippen molar-refractivity contribution in [2.24, 2.45) is 23.2 Å². The van der Waals surface area contributed by atoms with Crippen molar-refractivity contribution < 1.29 is 24.2 Å². The Kier molecular flexibility index (Phi) is 10.3. The van der Waals surface area contributed by atoms with E-state index in [-0.39, 0.29) is 42.8 Å². The van der Waals surface area contributed by atoms with Crippen LogP contribution in [0.2, 0.25) is 0 Å². The van der Waals surface area contributed by atoms with E-state index in [4.69, 9.17) is 4.74 Å². The number of nitrogens with zero attached hydrogens (tertiary/aromatic N) is 2. The topological polar surface area (TPSA) is 96.8 Å². The average Bonchev–Trinajstić information content (AvgIpc) is 3.09. The quantitative estimate of drug-likeness (QED) is 0.242. The lowest BCUT2D eigenvalue weighted by Gasteiger charge is -2.51. The SMILES string of the molecule is C[C@H]1CC[C@H]2C(CC=C3C[C@@H](OC(=O)CCC(=O)N(CC(=O)O)Cc4ccccc4)CC[C@@]32C)CC/C=C\1c1cccnc1. The summed E-state index contributed by atoms with van der Waals surface area (Å²) in [7, 11) is 0. The van der Waals surface area contributed by atoms with Crippen molar-refractivity contribution in [2.45, 2.75) is 90.7 Å². The van der Waals surface area contributed by atoms with Crippen molar-refractivity contribution in [3.63, 3.8) is 0 Å². The number of fused-ring (bicyclic) bond motifs is 3. The number of rotatable bonds is 9. The maximum absolute atomic E-state index is 12.9. The van der Waals surface area contributed by atoms with E-state index in [1.165, 1.54) is 34.5 Å². The number of benzene rings is 1. The molecular weight excluding hydrogens is 552 g/mol. The molecule has 5 atom stereocenters. The summed E-state index contributed by atoms with van der Waals surface area (Å²) in [6.07, 6.45) is 16.7. The number of carboxylic acids is 1. The van der Waals surface area contributed by atoms with E-state index in [9.17, 15) is 19.5 Å². The van der Waals surface area contributed by atoms with Gasteiger partial charge in [0.15, 0.2) is 0 Å². The van der Waals surface area contributed by atoms with E-state index >= 15 is 0 Å². The Morgan fingerprint density at radius 1 is 1.02 bits per heavy atom. The molecule has 1 heterocycles.